The number of rotatable bonds is 5. The number of carbonyl (C=O) groups is 2. The highest BCUT2D eigenvalue weighted by Crippen LogP contribution is 2.30. The Kier molecular flexibility index (Phi) is 5.29. The molecule has 1 amide bonds. The summed E-state index contributed by atoms with van der Waals surface area (Å²) < 4.78 is 0. The van der Waals surface area contributed by atoms with E-state index < -0.39 is 17.8 Å². The lowest BCUT2D eigenvalue weighted by molar-refractivity contribution is -0.146. The van der Waals surface area contributed by atoms with Crippen molar-refractivity contribution in [3.05, 3.63) is 78.4 Å². The largest absolute Gasteiger partial charge is 0.481 e. The van der Waals surface area contributed by atoms with Crippen molar-refractivity contribution in [1.82, 2.24) is 0 Å². The van der Waals surface area contributed by atoms with Crippen LogP contribution in [0.5, 0.6) is 0 Å². The maximum atomic E-state index is 13.2. The van der Waals surface area contributed by atoms with Crippen molar-refractivity contribution in [2.24, 2.45) is 11.8 Å². The van der Waals surface area contributed by atoms with Crippen LogP contribution in [0.3, 0.4) is 0 Å². The second-order valence-electron chi connectivity index (χ2n) is 6.24. The average Bonchev–Trinajstić information content (AvgIpc) is 2.67. The Morgan fingerprint density at radius 1 is 0.880 bits per heavy atom. The lowest BCUT2D eigenvalue weighted by atomic mass is 9.82. The van der Waals surface area contributed by atoms with Crippen molar-refractivity contribution >= 4 is 17.6 Å². The zero-order chi connectivity index (χ0) is 17.6. The third-order valence-corrected chi connectivity index (χ3v) is 4.58. The maximum absolute atomic E-state index is 13.2. The fraction of sp³-hybridized carbons (Fsp3) is 0.238. The Hall–Kier alpha value is -2.88. The molecule has 128 valence electrons. The molecule has 0 heterocycles. The number of amides is 1. The third-order valence-electron chi connectivity index (χ3n) is 4.58. The molecular formula is C21H21NO3. The molecule has 1 N–H and O–H groups in total. The molecule has 2 aromatic rings. The SMILES string of the molecule is O=C(O)[C@@H]1CC=CC[C@@H]1C(=O)N(Cc1ccccc1)c1ccccc1. The molecule has 2 aromatic carbocycles. The van der Waals surface area contributed by atoms with Crippen LogP contribution in [0.4, 0.5) is 5.69 Å². The fourth-order valence-electron chi connectivity index (χ4n) is 3.23. The van der Waals surface area contributed by atoms with E-state index in [1.165, 1.54) is 0 Å². The molecule has 1 aliphatic carbocycles. The van der Waals surface area contributed by atoms with Gasteiger partial charge in [0, 0.05) is 5.69 Å². The van der Waals surface area contributed by atoms with Gasteiger partial charge in [-0.15, -0.1) is 0 Å². The summed E-state index contributed by atoms with van der Waals surface area (Å²) in [5, 5.41) is 9.50. The number of hydrogen-bond acceptors (Lipinski definition) is 2. The lowest BCUT2D eigenvalue weighted by Crippen LogP contribution is -2.41. The summed E-state index contributed by atoms with van der Waals surface area (Å²) in [6, 6.07) is 19.2. The highest BCUT2D eigenvalue weighted by molar-refractivity contribution is 5.97. The molecule has 0 saturated carbocycles. The first kappa shape index (κ1) is 17.0. The van der Waals surface area contributed by atoms with E-state index in [1.807, 2.05) is 72.8 Å². The molecular weight excluding hydrogens is 314 g/mol. The molecule has 3 rings (SSSR count). The Bertz CT molecular complexity index is 755. The van der Waals surface area contributed by atoms with Crippen LogP contribution in [0, 0.1) is 11.8 Å². The van der Waals surface area contributed by atoms with Crippen LogP contribution in [0.1, 0.15) is 18.4 Å². The molecule has 0 fully saturated rings. The molecule has 1 aliphatic rings. The van der Waals surface area contributed by atoms with Crippen LogP contribution in [0.2, 0.25) is 0 Å². The molecule has 4 heteroatoms. The number of carboxylic acid groups (broad SMARTS) is 1. The third kappa shape index (κ3) is 3.97. The van der Waals surface area contributed by atoms with Crippen LogP contribution in [0.15, 0.2) is 72.8 Å². The first-order chi connectivity index (χ1) is 12.2. The predicted octanol–water partition coefficient (Wildman–Crippen LogP) is 3.89. The van der Waals surface area contributed by atoms with Crippen LogP contribution >= 0.6 is 0 Å². The highest BCUT2D eigenvalue weighted by Gasteiger charge is 2.36. The summed E-state index contributed by atoms with van der Waals surface area (Å²) in [5.41, 5.74) is 1.80. The molecule has 0 aliphatic heterocycles. The number of allylic oxidation sites excluding steroid dienone is 2. The van der Waals surface area contributed by atoms with Crippen LogP contribution in [-0.4, -0.2) is 17.0 Å². The van der Waals surface area contributed by atoms with Gasteiger partial charge in [0.05, 0.1) is 18.4 Å². The number of aliphatic carboxylic acids is 1. The van der Waals surface area contributed by atoms with Gasteiger partial charge < -0.3 is 10.0 Å². The number of benzene rings is 2. The Balaban J connectivity index is 1.92. The van der Waals surface area contributed by atoms with Gasteiger partial charge in [-0.1, -0.05) is 60.7 Å². The summed E-state index contributed by atoms with van der Waals surface area (Å²) in [4.78, 5) is 26.5. The molecule has 0 bridgehead atoms. The maximum Gasteiger partial charge on any atom is 0.307 e. The minimum Gasteiger partial charge on any atom is -0.481 e. The molecule has 0 saturated heterocycles. The van der Waals surface area contributed by atoms with Gasteiger partial charge in [0.1, 0.15) is 0 Å². The predicted molar refractivity (Wildman–Crippen MR) is 97.1 cm³/mol. The summed E-state index contributed by atoms with van der Waals surface area (Å²) in [5.74, 6) is -2.24. The number of hydrogen-bond donors (Lipinski definition) is 1. The minimum atomic E-state index is -0.907. The van der Waals surface area contributed by atoms with E-state index in [9.17, 15) is 14.7 Å². The summed E-state index contributed by atoms with van der Waals surface area (Å²) in [7, 11) is 0. The molecule has 0 unspecified atom stereocenters. The summed E-state index contributed by atoms with van der Waals surface area (Å²) >= 11 is 0. The van der Waals surface area contributed by atoms with Gasteiger partial charge in [0.15, 0.2) is 0 Å². The molecule has 25 heavy (non-hydrogen) atoms. The summed E-state index contributed by atoms with van der Waals surface area (Å²) in [6.07, 6.45) is 4.63. The normalized spacial score (nSPS) is 19.4. The monoisotopic (exact) mass is 335 g/mol. The molecule has 0 radical (unpaired) electrons. The zero-order valence-electron chi connectivity index (χ0n) is 13.9. The Morgan fingerprint density at radius 3 is 2.04 bits per heavy atom. The zero-order valence-corrected chi connectivity index (χ0v) is 13.9. The van der Waals surface area contributed by atoms with Crippen LogP contribution < -0.4 is 4.90 Å². The quantitative estimate of drug-likeness (QED) is 0.844. The van der Waals surface area contributed by atoms with Gasteiger partial charge in [0.2, 0.25) is 5.91 Å². The van der Waals surface area contributed by atoms with E-state index in [2.05, 4.69) is 0 Å². The minimum absolute atomic E-state index is 0.133. The Morgan fingerprint density at radius 2 is 1.44 bits per heavy atom. The van der Waals surface area contributed by atoms with Crippen molar-refractivity contribution in [1.29, 1.82) is 0 Å². The van der Waals surface area contributed by atoms with Crippen molar-refractivity contribution in [3.8, 4) is 0 Å². The lowest BCUT2D eigenvalue weighted by Gasteiger charge is -2.31. The highest BCUT2D eigenvalue weighted by atomic mass is 16.4. The smallest absolute Gasteiger partial charge is 0.307 e. The van der Waals surface area contributed by atoms with E-state index in [-0.39, 0.29) is 5.91 Å². The molecule has 0 spiro atoms. The number of nitrogens with zero attached hydrogens (tertiary/aromatic N) is 1. The van der Waals surface area contributed by atoms with E-state index in [0.717, 1.165) is 11.3 Å². The fourth-order valence-corrected chi connectivity index (χ4v) is 3.23. The van der Waals surface area contributed by atoms with E-state index in [0.29, 0.717) is 19.4 Å². The number of carbonyl (C=O) groups excluding carboxylic acids is 1. The number of para-hydroxylation sites is 1. The van der Waals surface area contributed by atoms with E-state index >= 15 is 0 Å². The molecule has 4 nitrogen and oxygen atoms in total. The average molecular weight is 335 g/mol. The van der Waals surface area contributed by atoms with Crippen molar-refractivity contribution < 1.29 is 14.7 Å². The van der Waals surface area contributed by atoms with Gasteiger partial charge in [-0.3, -0.25) is 9.59 Å². The van der Waals surface area contributed by atoms with Gasteiger partial charge in [0.25, 0.3) is 0 Å². The number of carboxylic acids is 1. The van der Waals surface area contributed by atoms with Crippen molar-refractivity contribution in [2.45, 2.75) is 19.4 Å². The van der Waals surface area contributed by atoms with Gasteiger partial charge in [-0.2, -0.15) is 0 Å². The topological polar surface area (TPSA) is 57.6 Å². The standard InChI is InChI=1S/C21H21NO3/c23-20(18-13-7-8-14-19(18)21(24)25)22(17-11-5-2-6-12-17)15-16-9-3-1-4-10-16/h1-12,18-19H,13-15H2,(H,24,25)/t18-,19+/m0/s1. The molecule has 2 atom stereocenters. The van der Waals surface area contributed by atoms with Gasteiger partial charge >= 0.3 is 5.97 Å². The van der Waals surface area contributed by atoms with Gasteiger partial charge in [-0.05, 0) is 30.5 Å². The first-order valence-electron chi connectivity index (χ1n) is 8.45. The Labute approximate surface area is 147 Å². The first-order valence-corrected chi connectivity index (χ1v) is 8.45. The van der Waals surface area contributed by atoms with Crippen LogP contribution in [0.25, 0.3) is 0 Å². The molecule has 0 aromatic heterocycles. The second kappa shape index (κ2) is 7.79. The van der Waals surface area contributed by atoms with E-state index in [4.69, 9.17) is 0 Å². The second-order valence-corrected chi connectivity index (χ2v) is 6.24. The van der Waals surface area contributed by atoms with Crippen molar-refractivity contribution in [2.75, 3.05) is 4.90 Å². The number of anilines is 1. The van der Waals surface area contributed by atoms with Crippen LogP contribution in [-0.2, 0) is 16.1 Å². The summed E-state index contributed by atoms with van der Waals surface area (Å²) in [6.45, 7) is 0.427. The van der Waals surface area contributed by atoms with E-state index in [1.54, 1.807) is 4.90 Å². The van der Waals surface area contributed by atoms with Crippen molar-refractivity contribution in [3.63, 3.8) is 0 Å². The van der Waals surface area contributed by atoms with Gasteiger partial charge in [-0.25, -0.2) is 0 Å².